The number of H-pyrrole nitrogens is 1. The summed E-state index contributed by atoms with van der Waals surface area (Å²) in [6.45, 7) is 3.87. The number of rotatable bonds is 5. The first-order valence-corrected chi connectivity index (χ1v) is 11.2. The maximum atomic E-state index is 11.4. The van der Waals surface area contributed by atoms with E-state index >= 15 is 0 Å². The Balaban J connectivity index is 1.25. The fraction of sp³-hybridized carbons (Fsp3) is 0.308. The van der Waals surface area contributed by atoms with E-state index in [-0.39, 0.29) is 6.10 Å². The van der Waals surface area contributed by atoms with Gasteiger partial charge in [-0.15, -0.1) is 0 Å². The molecule has 1 saturated carbocycles. The molecular weight excluding hydrogens is 416 g/mol. The number of aliphatic carboxylic acids is 1. The summed E-state index contributed by atoms with van der Waals surface area (Å²) in [7, 11) is 0. The first-order chi connectivity index (χ1) is 15.9. The number of hydrogen-bond acceptors (Lipinski definition) is 5. The largest absolute Gasteiger partial charge is 0.481 e. The van der Waals surface area contributed by atoms with Gasteiger partial charge in [0, 0.05) is 29.6 Å². The second-order valence-corrected chi connectivity index (χ2v) is 9.11. The van der Waals surface area contributed by atoms with Gasteiger partial charge in [-0.25, -0.2) is 9.97 Å². The number of carboxylic acid groups (broad SMARTS) is 1. The molecule has 33 heavy (non-hydrogen) atoms. The number of imidazole rings is 1. The summed E-state index contributed by atoms with van der Waals surface area (Å²) in [5, 5.41) is 9.37. The van der Waals surface area contributed by atoms with E-state index in [1.54, 1.807) is 6.20 Å². The highest BCUT2D eigenvalue weighted by Gasteiger charge is 2.38. The number of carbonyl (C=O) groups is 1. The first kappa shape index (κ1) is 21.1. The summed E-state index contributed by atoms with van der Waals surface area (Å²) < 4.78 is 6.00. The van der Waals surface area contributed by atoms with Crippen LogP contribution in [0.5, 0.6) is 5.88 Å². The Morgan fingerprint density at radius 1 is 1.06 bits per heavy atom. The SMILES string of the molecule is Cc1ccc2nc(-c3ccc(-c4ccc(OC5CCC(C)(C(=O)O)CC5)nc4)nc3)[nH]c2c1. The summed E-state index contributed by atoms with van der Waals surface area (Å²) in [6.07, 6.45) is 6.24. The molecule has 4 aromatic rings. The number of carboxylic acids is 1. The lowest BCUT2D eigenvalue weighted by atomic mass is 9.75. The van der Waals surface area contributed by atoms with Crippen LogP contribution in [-0.2, 0) is 4.79 Å². The molecule has 3 aromatic heterocycles. The molecule has 0 amide bonds. The molecule has 0 aliphatic heterocycles. The highest BCUT2D eigenvalue weighted by Crippen LogP contribution is 2.37. The monoisotopic (exact) mass is 442 g/mol. The van der Waals surface area contributed by atoms with Crippen molar-refractivity contribution in [3.8, 4) is 28.5 Å². The molecule has 7 nitrogen and oxygen atoms in total. The second kappa shape index (κ2) is 8.31. The Bertz CT molecular complexity index is 1290. The van der Waals surface area contributed by atoms with Gasteiger partial charge in [0.25, 0.3) is 0 Å². The topological polar surface area (TPSA) is 101 Å². The van der Waals surface area contributed by atoms with Gasteiger partial charge in [-0.3, -0.25) is 9.78 Å². The molecule has 0 bridgehead atoms. The molecular formula is C26H26N4O3. The first-order valence-electron chi connectivity index (χ1n) is 11.2. The van der Waals surface area contributed by atoms with Gasteiger partial charge >= 0.3 is 5.97 Å². The van der Waals surface area contributed by atoms with Crippen LogP contribution < -0.4 is 4.74 Å². The third kappa shape index (κ3) is 4.31. The van der Waals surface area contributed by atoms with E-state index in [4.69, 9.17) is 4.74 Å². The van der Waals surface area contributed by atoms with Crippen LogP contribution in [0.3, 0.4) is 0 Å². The molecule has 0 unspecified atom stereocenters. The zero-order valence-corrected chi connectivity index (χ0v) is 18.7. The number of fused-ring (bicyclic) bond motifs is 1. The van der Waals surface area contributed by atoms with Crippen molar-refractivity contribution in [2.45, 2.75) is 45.6 Å². The molecule has 0 radical (unpaired) electrons. The number of hydrogen-bond donors (Lipinski definition) is 2. The van der Waals surface area contributed by atoms with Crippen LogP contribution in [0, 0.1) is 12.3 Å². The van der Waals surface area contributed by atoms with Crippen molar-refractivity contribution < 1.29 is 14.6 Å². The van der Waals surface area contributed by atoms with Crippen LogP contribution >= 0.6 is 0 Å². The molecule has 0 saturated heterocycles. The number of benzene rings is 1. The van der Waals surface area contributed by atoms with Crippen molar-refractivity contribution >= 4 is 17.0 Å². The van der Waals surface area contributed by atoms with Crippen LogP contribution in [0.4, 0.5) is 0 Å². The zero-order chi connectivity index (χ0) is 23.0. The van der Waals surface area contributed by atoms with E-state index in [2.05, 4.69) is 39.0 Å². The van der Waals surface area contributed by atoms with Crippen LogP contribution in [0.1, 0.15) is 38.2 Å². The summed E-state index contributed by atoms with van der Waals surface area (Å²) in [5.74, 6) is 0.622. The Kier molecular flexibility index (Phi) is 5.32. The predicted octanol–water partition coefficient (Wildman–Crippen LogP) is 5.41. The van der Waals surface area contributed by atoms with Crippen LogP contribution in [-0.4, -0.2) is 37.1 Å². The molecule has 168 valence electrons. The lowest BCUT2D eigenvalue weighted by Gasteiger charge is -2.33. The maximum Gasteiger partial charge on any atom is 0.309 e. The lowest BCUT2D eigenvalue weighted by Crippen LogP contribution is -2.36. The smallest absolute Gasteiger partial charge is 0.309 e. The molecule has 0 spiro atoms. The number of pyridine rings is 2. The van der Waals surface area contributed by atoms with Gasteiger partial charge in [0.15, 0.2) is 0 Å². The van der Waals surface area contributed by atoms with Gasteiger partial charge in [0.2, 0.25) is 5.88 Å². The molecule has 3 heterocycles. The molecule has 0 atom stereocenters. The fourth-order valence-electron chi connectivity index (χ4n) is 4.30. The van der Waals surface area contributed by atoms with Crippen molar-refractivity contribution in [3.63, 3.8) is 0 Å². The normalized spacial score (nSPS) is 20.6. The number of ether oxygens (including phenoxy) is 1. The number of nitrogens with one attached hydrogen (secondary N) is 1. The van der Waals surface area contributed by atoms with Gasteiger partial charge in [0.05, 0.1) is 22.1 Å². The average molecular weight is 443 g/mol. The summed E-state index contributed by atoms with van der Waals surface area (Å²) in [6, 6.07) is 13.9. The van der Waals surface area contributed by atoms with E-state index in [9.17, 15) is 9.90 Å². The molecule has 1 aromatic carbocycles. The van der Waals surface area contributed by atoms with E-state index < -0.39 is 11.4 Å². The zero-order valence-electron chi connectivity index (χ0n) is 18.7. The van der Waals surface area contributed by atoms with Crippen LogP contribution in [0.25, 0.3) is 33.7 Å². The van der Waals surface area contributed by atoms with E-state index in [0.717, 1.165) is 46.5 Å². The standard InChI is InChI=1S/C26H26N4O3/c1-16-3-6-21-22(13-16)30-24(29-21)18-4-7-20(27-15-18)17-5-8-23(28-14-17)33-19-9-11-26(2,12-10-19)25(31)32/h3-8,13-15,19H,9-12H2,1-2H3,(H,29,30)(H,31,32). The highest BCUT2D eigenvalue weighted by atomic mass is 16.5. The highest BCUT2D eigenvalue weighted by molar-refractivity contribution is 5.80. The van der Waals surface area contributed by atoms with Crippen LogP contribution in [0.2, 0.25) is 0 Å². The third-order valence-corrected chi connectivity index (χ3v) is 6.55. The summed E-state index contributed by atoms with van der Waals surface area (Å²) in [4.78, 5) is 28.5. The maximum absolute atomic E-state index is 11.4. The molecule has 7 heteroatoms. The minimum Gasteiger partial charge on any atom is -0.481 e. The Morgan fingerprint density at radius 3 is 2.48 bits per heavy atom. The quantitative estimate of drug-likeness (QED) is 0.429. The average Bonchev–Trinajstić information content (AvgIpc) is 3.24. The second-order valence-electron chi connectivity index (χ2n) is 9.11. The van der Waals surface area contributed by atoms with E-state index in [0.29, 0.717) is 18.7 Å². The summed E-state index contributed by atoms with van der Waals surface area (Å²) in [5.41, 5.74) is 5.14. The Hall–Kier alpha value is -3.74. The van der Waals surface area contributed by atoms with Crippen molar-refractivity contribution in [2.75, 3.05) is 0 Å². The van der Waals surface area contributed by atoms with Crippen LogP contribution in [0.15, 0.2) is 54.9 Å². The minimum absolute atomic E-state index is 0.000722. The van der Waals surface area contributed by atoms with Gasteiger partial charge in [-0.05, 0) is 75.4 Å². The van der Waals surface area contributed by atoms with Crippen molar-refractivity contribution in [1.29, 1.82) is 0 Å². The third-order valence-electron chi connectivity index (χ3n) is 6.55. The number of nitrogens with zero attached hydrogens (tertiary/aromatic N) is 3. The van der Waals surface area contributed by atoms with Crippen molar-refractivity contribution in [3.05, 3.63) is 60.4 Å². The Morgan fingerprint density at radius 2 is 1.82 bits per heavy atom. The van der Waals surface area contributed by atoms with Gasteiger partial charge in [-0.1, -0.05) is 6.07 Å². The molecule has 5 rings (SSSR count). The summed E-state index contributed by atoms with van der Waals surface area (Å²) >= 11 is 0. The van der Waals surface area contributed by atoms with Gasteiger partial charge in [0.1, 0.15) is 11.9 Å². The van der Waals surface area contributed by atoms with E-state index in [1.165, 1.54) is 5.56 Å². The van der Waals surface area contributed by atoms with Crippen molar-refractivity contribution in [2.24, 2.45) is 5.41 Å². The molecule has 1 aliphatic carbocycles. The van der Waals surface area contributed by atoms with Gasteiger partial charge in [-0.2, -0.15) is 0 Å². The predicted molar refractivity (Wildman–Crippen MR) is 126 cm³/mol. The minimum atomic E-state index is -0.725. The number of aryl methyl sites for hydroxylation is 1. The molecule has 1 aliphatic rings. The van der Waals surface area contributed by atoms with Crippen molar-refractivity contribution in [1.82, 2.24) is 19.9 Å². The molecule has 1 fully saturated rings. The van der Waals surface area contributed by atoms with E-state index in [1.807, 2.05) is 43.5 Å². The molecule has 2 N–H and O–H groups in total. The fourth-order valence-corrected chi connectivity index (χ4v) is 4.30. The van der Waals surface area contributed by atoms with Gasteiger partial charge < -0.3 is 14.8 Å². The lowest BCUT2D eigenvalue weighted by molar-refractivity contribution is -0.150. The number of aromatic amines is 1. The Labute approximate surface area is 191 Å². The number of aromatic nitrogens is 4.